The van der Waals surface area contributed by atoms with Crippen molar-refractivity contribution < 1.29 is 60.6 Å². The van der Waals surface area contributed by atoms with Gasteiger partial charge >= 0.3 is 23.5 Å². The summed E-state index contributed by atoms with van der Waals surface area (Å²) in [6.07, 6.45) is 4.40. The molecule has 20 heteroatoms. The highest BCUT2D eigenvalue weighted by molar-refractivity contribution is 7.66. The first kappa shape index (κ1) is 25.9. The standard InChI is InChI=1S/C13H16FN4O12P3/c1-2-13(5-27-32(23,24)30-33(25,26)29-31(20,21)22)8(19)3-9(28-13)18-4-7(14)10-11(15)16-6-17-12(10)18/h1,4,6,8-9,19H,3,5H2,(H,23,24)(H,25,26)(H2,15,16,17)(H2,20,21,22)/t8-,9?,13+/m0/s1. The normalized spacial score (nSPS) is 27.2. The number of aliphatic hydroxyl groups is 1. The fourth-order valence-corrected chi connectivity index (χ4v) is 6.04. The van der Waals surface area contributed by atoms with E-state index in [1.54, 1.807) is 0 Å². The van der Waals surface area contributed by atoms with E-state index in [4.69, 9.17) is 26.7 Å². The predicted octanol–water partition coefficient (Wildman–Crippen LogP) is 0.148. The molecule has 2 aromatic rings. The first-order valence-corrected chi connectivity index (χ1v) is 13.0. The smallest absolute Gasteiger partial charge is 0.389 e. The van der Waals surface area contributed by atoms with E-state index in [0.717, 1.165) is 17.1 Å². The van der Waals surface area contributed by atoms with Crippen molar-refractivity contribution in [2.45, 2.75) is 24.4 Å². The van der Waals surface area contributed by atoms with Crippen LogP contribution in [0.3, 0.4) is 0 Å². The van der Waals surface area contributed by atoms with Gasteiger partial charge in [-0.3, -0.25) is 4.52 Å². The predicted molar refractivity (Wildman–Crippen MR) is 104 cm³/mol. The molecule has 5 atom stereocenters. The molecule has 7 N–H and O–H groups in total. The minimum Gasteiger partial charge on any atom is -0.389 e. The van der Waals surface area contributed by atoms with Crippen molar-refractivity contribution in [2.24, 2.45) is 0 Å². The van der Waals surface area contributed by atoms with Gasteiger partial charge < -0.3 is 39.7 Å². The van der Waals surface area contributed by atoms with Gasteiger partial charge in [-0.2, -0.15) is 8.62 Å². The molecule has 2 aromatic heterocycles. The van der Waals surface area contributed by atoms with Gasteiger partial charge in [-0.15, -0.1) is 6.42 Å². The van der Waals surface area contributed by atoms with E-state index >= 15 is 0 Å². The largest absolute Gasteiger partial charge is 0.490 e. The number of hydrogen-bond donors (Lipinski definition) is 6. The quantitative estimate of drug-likeness (QED) is 0.196. The molecule has 0 amide bonds. The van der Waals surface area contributed by atoms with Crippen LogP contribution in [-0.2, 0) is 31.6 Å². The van der Waals surface area contributed by atoms with Crippen molar-refractivity contribution in [3.63, 3.8) is 0 Å². The van der Waals surface area contributed by atoms with Gasteiger partial charge in [0.1, 0.15) is 31.1 Å². The van der Waals surface area contributed by atoms with Crippen LogP contribution in [0.5, 0.6) is 0 Å². The summed E-state index contributed by atoms with van der Waals surface area (Å²) in [4.78, 5) is 43.5. The molecule has 33 heavy (non-hydrogen) atoms. The number of nitrogens with two attached hydrogens (primary N) is 1. The summed E-state index contributed by atoms with van der Waals surface area (Å²) in [5.41, 5.74) is 3.50. The Labute approximate surface area is 183 Å². The van der Waals surface area contributed by atoms with Crippen molar-refractivity contribution in [2.75, 3.05) is 12.3 Å². The Morgan fingerprint density at radius 1 is 1.27 bits per heavy atom. The third-order valence-electron chi connectivity index (χ3n) is 4.31. The lowest BCUT2D eigenvalue weighted by Gasteiger charge is -2.27. The van der Waals surface area contributed by atoms with E-state index < -0.39 is 53.8 Å². The summed E-state index contributed by atoms with van der Waals surface area (Å²) in [5, 5.41) is 10.3. The van der Waals surface area contributed by atoms with Crippen LogP contribution in [-0.4, -0.2) is 57.5 Å². The van der Waals surface area contributed by atoms with E-state index in [-0.39, 0.29) is 23.3 Å². The van der Waals surface area contributed by atoms with Crippen LogP contribution >= 0.6 is 23.5 Å². The topological polar surface area (TPSA) is 246 Å². The zero-order valence-electron chi connectivity index (χ0n) is 16.0. The Bertz CT molecular complexity index is 1260. The summed E-state index contributed by atoms with van der Waals surface area (Å²) in [5.74, 6) is 1.07. The number of ether oxygens (including phenoxy) is 1. The molecule has 16 nitrogen and oxygen atoms in total. The molecule has 3 unspecified atom stereocenters. The number of hydrogen-bond acceptors (Lipinski definition) is 11. The van der Waals surface area contributed by atoms with Crippen molar-refractivity contribution >= 4 is 40.3 Å². The van der Waals surface area contributed by atoms with Gasteiger partial charge in [0.15, 0.2) is 17.1 Å². The Hall–Kier alpha value is -1.76. The maximum Gasteiger partial charge on any atom is 0.490 e. The lowest BCUT2D eigenvalue weighted by Crippen LogP contribution is -2.42. The van der Waals surface area contributed by atoms with Gasteiger partial charge in [0.05, 0.1) is 5.39 Å². The summed E-state index contributed by atoms with van der Waals surface area (Å²) < 4.78 is 66.8. The maximum absolute atomic E-state index is 14.3. The van der Waals surface area contributed by atoms with Gasteiger partial charge in [0.25, 0.3) is 0 Å². The Balaban J connectivity index is 1.79. The van der Waals surface area contributed by atoms with E-state index in [2.05, 4.69) is 23.1 Å². The van der Waals surface area contributed by atoms with Crippen LogP contribution in [0.2, 0.25) is 0 Å². The number of rotatable bonds is 8. The van der Waals surface area contributed by atoms with Crippen LogP contribution in [0.15, 0.2) is 12.5 Å². The number of aliphatic hydroxyl groups excluding tert-OH is 1. The molecule has 1 aliphatic rings. The molecule has 0 saturated carbocycles. The van der Waals surface area contributed by atoms with Crippen LogP contribution < -0.4 is 5.73 Å². The average Bonchev–Trinajstić information content (AvgIpc) is 3.15. The molecule has 1 saturated heterocycles. The Morgan fingerprint density at radius 2 is 1.94 bits per heavy atom. The summed E-state index contributed by atoms with van der Waals surface area (Å²) >= 11 is 0. The fraction of sp³-hybridized carbons (Fsp3) is 0.385. The minimum atomic E-state index is -5.76. The van der Waals surface area contributed by atoms with Crippen LogP contribution in [0.4, 0.5) is 10.2 Å². The lowest BCUT2D eigenvalue weighted by molar-refractivity contribution is -0.0874. The second-order valence-electron chi connectivity index (χ2n) is 6.56. The first-order chi connectivity index (χ1) is 15.1. The molecule has 0 radical (unpaired) electrons. The van der Waals surface area contributed by atoms with E-state index in [1.165, 1.54) is 0 Å². The number of fused-ring (bicyclic) bond motifs is 1. The molecular formula is C13H16FN4O12P3. The van der Waals surface area contributed by atoms with Crippen molar-refractivity contribution in [1.82, 2.24) is 14.5 Å². The van der Waals surface area contributed by atoms with Gasteiger partial charge in [-0.05, 0) is 0 Å². The van der Waals surface area contributed by atoms with Crippen molar-refractivity contribution in [1.29, 1.82) is 0 Å². The highest BCUT2D eigenvalue weighted by atomic mass is 31.3. The van der Waals surface area contributed by atoms with E-state index in [1.807, 2.05) is 5.92 Å². The van der Waals surface area contributed by atoms with Gasteiger partial charge in [0.2, 0.25) is 0 Å². The minimum absolute atomic E-state index is 0.00194. The monoisotopic (exact) mass is 532 g/mol. The third-order valence-corrected chi connectivity index (χ3v) is 8.10. The molecule has 0 spiro atoms. The molecule has 1 aliphatic heterocycles. The number of terminal acetylenes is 1. The van der Waals surface area contributed by atoms with Gasteiger partial charge in [-0.1, -0.05) is 5.92 Å². The molecule has 3 rings (SSSR count). The Morgan fingerprint density at radius 3 is 2.55 bits per heavy atom. The summed E-state index contributed by atoms with van der Waals surface area (Å²) in [7, 11) is -16.9. The summed E-state index contributed by atoms with van der Waals surface area (Å²) in [6.45, 7) is -1.11. The second-order valence-corrected chi connectivity index (χ2v) is 11.0. The lowest BCUT2D eigenvalue weighted by atomic mass is 9.99. The summed E-state index contributed by atoms with van der Waals surface area (Å²) in [6, 6.07) is 0. The SMILES string of the molecule is C#C[C@]1(COP(=O)(O)OP(=O)(O)OP(=O)(O)O)OC(n2cc(F)c3c(N)ncnc32)C[C@@H]1O. The molecule has 3 heterocycles. The maximum atomic E-state index is 14.3. The molecule has 1 fully saturated rings. The van der Waals surface area contributed by atoms with Crippen LogP contribution in [0, 0.1) is 18.2 Å². The number of halogens is 1. The van der Waals surface area contributed by atoms with Crippen molar-refractivity contribution in [3.8, 4) is 12.3 Å². The number of phosphoric acid groups is 3. The van der Waals surface area contributed by atoms with Crippen LogP contribution in [0.1, 0.15) is 12.6 Å². The fourth-order valence-electron chi connectivity index (χ4n) is 2.99. The number of nitrogens with zero attached hydrogens (tertiary/aromatic N) is 3. The zero-order valence-corrected chi connectivity index (χ0v) is 18.7. The molecular weight excluding hydrogens is 516 g/mol. The van der Waals surface area contributed by atoms with E-state index in [9.17, 15) is 33.0 Å². The molecule has 182 valence electrons. The number of anilines is 1. The average molecular weight is 532 g/mol. The Kier molecular flexibility index (Phi) is 6.89. The van der Waals surface area contributed by atoms with Crippen LogP contribution in [0.25, 0.3) is 11.0 Å². The third kappa shape index (κ3) is 5.67. The highest BCUT2D eigenvalue weighted by Crippen LogP contribution is 2.66. The zero-order chi connectivity index (χ0) is 24.8. The van der Waals surface area contributed by atoms with E-state index in [0.29, 0.717) is 0 Å². The molecule has 0 bridgehead atoms. The number of nitrogen functional groups attached to an aromatic ring is 1. The molecule has 0 aromatic carbocycles. The molecule has 0 aliphatic carbocycles. The number of aromatic nitrogens is 3. The number of phosphoric ester groups is 1. The highest BCUT2D eigenvalue weighted by Gasteiger charge is 2.51. The first-order valence-electron chi connectivity index (χ1n) is 8.46. The van der Waals surface area contributed by atoms with Gasteiger partial charge in [0, 0.05) is 12.6 Å². The van der Waals surface area contributed by atoms with Crippen molar-refractivity contribution in [3.05, 3.63) is 18.3 Å². The van der Waals surface area contributed by atoms with Gasteiger partial charge in [-0.25, -0.2) is 28.1 Å². The second kappa shape index (κ2) is 8.79.